The number of halogens is 2. The Bertz CT molecular complexity index is 591. The maximum Gasteiger partial charge on any atom is 0.243 e. The van der Waals surface area contributed by atoms with E-state index in [9.17, 15) is 12.8 Å². The molecule has 2 unspecified atom stereocenters. The Balaban J connectivity index is 2.31. The highest BCUT2D eigenvalue weighted by atomic mass is 79.9. The van der Waals surface area contributed by atoms with E-state index >= 15 is 0 Å². The summed E-state index contributed by atoms with van der Waals surface area (Å²) < 4.78 is 40.4. The molecular weight excluding hydrogens is 345 g/mol. The fourth-order valence-electron chi connectivity index (χ4n) is 2.82. The van der Waals surface area contributed by atoms with Crippen molar-refractivity contribution in [2.24, 2.45) is 5.92 Å². The van der Waals surface area contributed by atoms with Crippen molar-refractivity contribution in [1.29, 1.82) is 0 Å². The molecule has 1 saturated carbocycles. The Labute approximate surface area is 128 Å². The molecule has 1 aromatic carbocycles. The predicted octanol–water partition coefficient (Wildman–Crippen LogP) is 3.79. The van der Waals surface area contributed by atoms with Crippen molar-refractivity contribution in [3.05, 3.63) is 28.5 Å². The highest BCUT2D eigenvalue weighted by Crippen LogP contribution is 2.31. The normalized spacial score (nSPS) is 24.1. The number of nitrogens with zero attached hydrogens (tertiary/aromatic N) is 1. The van der Waals surface area contributed by atoms with E-state index < -0.39 is 15.8 Å². The second-order valence-electron chi connectivity index (χ2n) is 5.43. The van der Waals surface area contributed by atoms with Gasteiger partial charge in [0.25, 0.3) is 0 Å². The molecule has 3 nitrogen and oxygen atoms in total. The fourth-order valence-corrected chi connectivity index (χ4v) is 4.56. The zero-order chi connectivity index (χ0) is 14.9. The average molecular weight is 364 g/mol. The number of hydrogen-bond donors (Lipinski definition) is 0. The monoisotopic (exact) mass is 363 g/mol. The lowest BCUT2D eigenvalue weighted by Gasteiger charge is -2.35. The van der Waals surface area contributed by atoms with Gasteiger partial charge in [-0.25, -0.2) is 12.8 Å². The minimum atomic E-state index is -3.64. The van der Waals surface area contributed by atoms with Gasteiger partial charge in [0.2, 0.25) is 10.0 Å². The highest BCUT2D eigenvalue weighted by molar-refractivity contribution is 9.10. The molecule has 2 rings (SSSR count). The lowest BCUT2D eigenvalue weighted by atomic mass is 9.86. The first-order valence-electron chi connectivity index (χ1n) is 6.77. The molecule has 1 aliphatic carbocycles. The smallest absolute Gasteiger partial charge is 0.207 e. The van der Waals surface area contributed by atoms with Gasteiger partial charge in [0.15, 0.2) is 0 Å². The highest BCUT2D eigenvalue weighted by Gasteiger charge is 2.33. The third-order valence-corrected chi connectivity index (χ3v) is 6.62. The summed E-state index contributed by atoms with van der Waals surface area (Å²) in [5.41, 5.74) is 0. The lowest BCUT2D eigenvalue weighted by Crippen LogP contribution is -2.42. The van der Waals surface area contributed by atoms with Crippen LogP contribution in [0.1, 0.15) is 32.6 Å². The van der Waals surface area contributed by atoms with Gasteiger partial charge in [0.05, 0.1) is 9.37 Å². The minimum Gasteiger partial charge on any atom is -0.207 e. The third kappa shape index (κ3) is 3.07. The Morgan fingerprint density at radius 2 is 1.95 bits per heavy atom. The van der Waals surface area contributed by atoms with Gasteiger partial charge in [-0.05, 0) is 52.9 Å². The van der Waals surface area contributed by atoms with E-state index in [4.69, 9.17) is 0 Å². The Morgan fingerprint density at radius 3 is 2.55 bits per heavy atom. The van der Waals surface area contributed by atoms with E-state index in [0.29, 0.717) is 5.92 Å². The van der Waals surface area contributed by atoms with Crippen molar-refractivity contribution >= 4 is 26.0 Å². The summed E-state index contributed by atoms with van der Waals surface area (Å²) in [6.45, 7) is 2.08. The molecule has 2 atom stereocenters. The maximum absolute atomic E-state index is 13.6. The summed E-state index contributed by atoms with van der Waals surface area (Å²) in [6, 6.07) is 3.94. The first-order valence-corrected chi connectivity index (χ1v) is 9.00. The molecule has 0 saturated heterocycles. The number of benzene rings is 1. The molecule has 0 aromatic heterocycles. The zero-order valence-electron chi connectivity index (χ0n) is 11.6. The van der Waals surface area contributed by atoms with Crippen LogP contribution in [0.5, 0.6) is 0 Å². The molecular formula is C14H19BrFNO2S. The topological polar surface area (TPSA) is 37.4 Å². The average Bonchev–Trinajstić information content (AvgIpc) is 2.41. The molecule has 1 aliphatic rings. The Kier molecular flexibility index (Phi) is 4.87. The molecule has 0 aliphatic heterocycles. The molecule has 112 valence electrons. The molecule has 0 N–H and O–H groups in total. The molecule has 1 aromatic rings. The van der Waals surface area contributed by atoms with Crippen LogP contribution in [0.25, 0.3) is 0 Å². The number of hydrogen-bond acceptors (Lipinski definition) is 2. The molecule has 6 heteroatoms. The molecule has 0 heterocycles. The summed E-state index contributed by atoms with van der Waals surface area (Å²) >= 11 is 3.04. The molecule has 0 amide bonds. The first kappa shape index (κ1) is 15.9. The molecule has 20 heavy (non-hydrogen) atoms. The Hall–Kier alpha value is -0.460. The fraction of sp³-hybridized carbons (Fsp3) is 0.571. The van der Waals surface area contributed by atoms with Gasteiger partial charge in [0, 0.05) is 13.1 Å². The van der Waals surface area contributed by atoms with E-state index in [0.717, 1.165) is 31.7 Å². The molecule has 0 bridgehead atoms. The second-order valence-corrected chi connectivity index (χ2v) is 8.28. The predicted molar refractivity (Wildman–Crippen MR) is 80.5 cm³/mol. The molecule has 0 radical (unpaired) electrons. The van der Waals surface area contributed by atoms with E-state index in [1.54, 1.807) is 7.05 Å². The van der Waals surface area contributed by atoms with Crippen molar-refractivity contribution in [3.8, 4) is 0 Å². The largest absolute Gasteiger partial charge is 0.243 e. The van der Waals surface area contributed by atoms with Crippen LogP contribution in [0, 0.1) is 11.7 Å². The first-order chi connectivity index (χ1) is 9.34. The van der Waals surface area contributed by atoms with Crippen molar-refractivity contribution in [2.75, 3.05) is 7.05 Å². The SMILES string of the molecule is CC1CCCCC1N(C)S(=O)(=O)c1ccc(Br)c(F)c1. The van der Waals surface area contributed by atoms with Crippen LogP contribution in [0.15, 0.2) is 27.6 Å². The van der Waals surface area contributed by atoms with E-state index in [1.165, 1.54) is 16.4 Å². The summed E-state index contributed by atoms with van der Waals surface area (Å²) in [6.07, 6.45) is 4.11. The summed E-state index contributed by atoms with van der Waals surface area (Å²) in [7, 11) is -2.04. The van der Waals surface area contributed by atoms with Crippen LogP contribution >= 0.6 is 15.9 Å². The number of sulfonamides is 1. The van der Waals surface area contributed by atoms with Crippen LogP contribution in [0.2, 0.25) is 0 Å². The van der Waals surface area contributed by atoms with Crippen LogP contribution < -0.4 is 0 Å². The second kappa shape index (κ2) is 6.12. The Morgan fingerprint density at radius 1 is 1.30 bits per heavy atom. The standard InChI is InChI=1S/C14H19BrFNO2S/c1-10-5-3-4-6-14(10)17(2)20(18,19)11-7-8-12(15)13(16)9-11/h7-10,14H,3-6H2,1-2H3. The summed E-state index contributed by atoms with van der Waals surface area (Å²) in [4.78, 5) is 0.0125. The van der Waals surface area contributed by atoms with Crippen molar-refractivity contribution in [2.45, 2.75) is 43.5 Å². The van der Waals surface area contributed by atoms with Gasteiger partial charge in [-0.3, -0.25) is 0 Å². The quantitative estimate of drug-likeness (QED) is 0.819. The minimum absolute atomic E-state index is 0.000424. The maximum atomic E-state index is 13.6. The molecule has 1 fully saturated rings. The summed E-state index contributed by atoms with van der Waals surface area (Å²) in [5, 5.41) is 0. The van der Waals surface area contributed by atoms with Crippen LogP contribution in [-0.2, 0) is 10.0 Å². The van der Waals surface area contributed by atoms with Crippen molar-refractivity contribution in [3.63, 3.8) is 0 Å². The third-order valence-electron chi connectivity index (χ3n) is 4.10. The van der Waals surface area contributed by atoms with Crippen molar-refractivity contribution < 1.29 is 12.8 Å². The van der Waals surface area contributed by atoms with Gasteiger partial charge in [-0.15, -0.1) is 0 Å². The van der Waals surface area contributed by atoms with E-state index in [2.05, 4.69) is 22.9 Å². The van der Waals surface area contributed by atoms with Gasteiger partial charge in [-0.2, -0.15) is 4.31 Å². The van der Waals surface area contributed by atoms with Crippen molar-refractivity contribution in [1.82, 2.24) is 4.31 Å². The van der Waals surface area contributed by atoms with Crippen LogP contribution in [0.4, 0.5) is 4.39 Å². The molecule has 0 spiro atoms. The zero-order valence-corrected chi connectivity index (χ0v) is 14.0. The van der Waals surface area contributed by atoms with Gasteiger partial charge >= 0.3 is 0 Å². The van der Waals surface area contributed by atoms with Gasteiger partial charge in [0.1, 0.15) is 5.82 Å². The van der Waals surface area contributed by atoms with Crippen LogP contribution in [0.3, 0.4) is 0 Å². The van der Waals surface area contributed by atoms with E-state index in [1.807, 2.05) is 0 Å². The van der Waals surface area contributed by atoms with Crippen LogP contribution in [-0.4, -0.2) is 25.8 Å². The van der Waals surface area contributed by atoms with E-state index in [-0.39, 0.29) is 15.4 Å². The lowest BCUT2D eigenvalue weighted by molar-refractivity contribution is 0.213. The van der Waals surface area contributed by atoms with Gasteiger partial charge < -0.3 is 0 Å². The number of rotatable bonds is 3. The van der Waals surface area contributed by atoms with Gasteiger partial charge in [-0.1, -0.05) is 19.8 Å². The summed E-state index contributed by atoms with van der Waals surface area (Å²) in [5.74, 6) is -0.222.